The van der Waals surface area contributed by atoms with Crippen molar-refractivity contribution < 1.29 is 9.53 Å². The van der Waals surface area contributed by atoms with E-state index in [1.807, 2.05) is 4.90 Å². The van der Waals surface area contributed by atoms with Gasteiger partial charge in [-0.1, -0.05) is 19.8 Å². The van der Waals surface area contributed by atoms with Crippen molar-refractivity contribution in [2.24, 2.45) is 11.1 Å². The predicted molar refractivity (Wildman–Crippen MR) is 64.1 cm³/mol. The summed E-state index contributed by atoms with van der Waals surface area (Å²) in [6, 6.07) is 0. The minimum Gasteiger partial charge on any atom is -0.383 e. The largest absolute Gasteiger partial charge is 0.383 e. The van der Waals surface area contributed by atoms with Gasteiger partial charge in [-0.05, 0) is 12.8 Å². The zero-order chi connectivity index (χ0) is 12.0. The Labute approximate surface area is 98.1 Å². The number of nitrogens with zero attached hydrogens (tertiary/aromatic N) is 1. The molecular formula is C12H24N2O2. The molecule has 1 saturated carbocycles. The molecule has 0 spiro atoms. The fourth-order valence-corrected chi connectivity index (χ4v) is 2.42. The zero-order valence-corrected chi connectivity index (χ0v) is 10.5. The van der Waals surface area contributed by atoms with Crippen LogP contribution in [0.25, 0.3) is 0 Å². The van der Waals surface area contributed by atoms with E-state index in [0.717, 1.165) is 12.8 Å². The summed E-state index contributed by atoms with van der Waals surface area (Å²) in [5.74, 6) is 0.257. The van der Waals surface area contributed by atoms with Crippen LogP contribution in [0.5, 0.6) is 0 Å². The first-order valence-corrected chi connectivity index (χ1v) is 6.12. The van der Waals surface area contributed by atoms with Crippen LogP contribution >= 0.6 is 0 Å². The van der Waals surface area contributed by atoms with Crippen molar-refractivity contribution in [3.05, 3.63) is 0 Å². The molecule has 2 N–H and O–H groups in total. The Morgan fingerprint density at radius 2 is 2.00 bits per heavy atom. The molecule has 1 rings (SSSR count). The molecule has 16 heavy (non-hydrogen) atoms. The van der Waals surface area contributed by atoms with Gasteiger partial charge in [-0.3, -0.25) is 4.79 Å². The van der Waals surface area contributed by atoms with E-state index in [0.29, 0.717) is 26.2 Å². The maximum atomic E-state index is 12.4. The maximum absolute atomic E-state index is 12.4. The molecule has 4 heteroatoms. The second-order valence-electron chi connectivity index (χ2n) is 4.84. The summed E-state index contributed by atoms with van der Waals surface area (Å²) in [5.41, 5.74) is 5.40. The SMILES string of the molecule is COCCN(CCN)C(=O)C1(C)CCCC1. The van der Waals surface area contributed by atoms with Gasteiger partial charge in [-0.25, -0.2) is 0 Å². The Bertz CT molecular complexity index is 225. The average molecular weight is 228 g/mol. The molecule has 0 radical (unpaired) electrons. The van der Waals surface area contributed by atoms with Gasteiger partial charge in [0.05, 0.1) is 6.61 Å². The first-order valence-electron chi connectivity index (χ1n) is 6.12. The van der Waals surface area contributed by atoms with E-state index in [4.69, 9.17) is 10.5 Å². The third-order valence-corrected chi connectivity index (χ3v) is 3.47. The lowest BCUT2D eigenvalue weighted by Gasteiger charge is -2.31. The molecule has 1 amide bonds. The van der Waals surface area contributed by atoms with E-state index in [1.165, 1.54) is 12.8 Å². The van der Waals surface area contributed by atoms with E-state index in [9.17, 15) is 4.79 Å². The number of ether oxygens (including phenoxy) is 1. The number of rotatable bonds is 6. The Balaban J connectivity index is 2.58. The topological polar surface area (TPSA) is 55.6 Å². The number of hydrogen-bond acceptors (Lipinski definition) is 3. The molecule has 0 aromatic carbocycles. The molecule has 0 atom stereocenters. The van der Waals surface area contributed by atoms with Crippen molar-refractivity contribution in [2.75, 3.05) is 33.4 Å². The highest BCUT2D eigenvalue weighted by Gasteiger charge is 2.38. The summed E-state index contributed by atoms with van der Waals surface area (Å²) in [4.78, 5) is 14.2. The molecule has 0 saturated heterocycles. The van der Waals surface area contributed by atoms with Gasteiger partial charge in [0.1, 0.15) is 0 Å². The molecular weight excluding hydrogens is 204 g/mol. The Hall–Kier alpha value is -0.610. The summed E-state index contributed by atoms with van der Waals surface area (Å²) in [6.45, 7) is 4.48. The van der Waals surface area contributed by atoms with Crippen LogP contribution in [0.4, 0.5) is 0 Å². The van der Waals surface area contributed by atoms with Crippen molar-refractivity contribution in [3.8, 4) is 0 Å². The maximum Gasteiger partial charge on any atom is 0.228 e. The normalized spacial score (nSPS) is 18.7. The Morgan fingerprint density at radius 3 is 2.50 bits per heavy atom. The lowest BCUT2D eigenvalue weighted by molar-refractivity contribution is -0.141. The van der Waals surface area contributed by atoms with Crippen LogP contribution in [-0.2, 0) is 9.53 Å². The minimum atomic E-state index is -0.150. The minimum absolute atomic E-state index is 0.150. The lowest BCUT2D eigenvalue weighted by atomic mass is 9.87. The molecule has 4 nitrogen and oxygen atoms in total. The smallest absolute Gasteiger partial charge is 0.228 e. The van der Waals surface area contributed by atoms with Gasteiger partial charge in [0.2, 0.25) is 5.91 Å². The first-order chi connectivity index (χ1) is 7.64. The fourth-order valence-electron chi connectivity index (χ4n) is 2.42. The second kappa shape index (κ2) is 6.21. The molecule has 0 aromatic heterocycles. The highest BCUT2D eigenvalue weighted by atomic mass is 16.5. The summed E-state index contributed by atoms with van der Waals surface area (Å²) in [7, 11) is 1.66. The fraction of sp³-hybridized carbons (Fsp3) is 0.917. The van der Waals surface area contributed by atoms with Crippen LogP contribution in [0.2, 0.25) is 0 Å². The van der Waals surface area contributed by atoms with Crippen LogP contribution in [0.1, 0.15) is 32.6 Å². The molecule has 0 bridgehead atoms. The quantitative estimate of drug-likeness (QED) is 0.738. The van der Waals surface area contributed by atoms with Crippen LogP contribution < -0.4 is 5.73 Å². The van der Waals surface area contributed by atoms with Crippen molar-refractivity contribution in [1.29, 1.82) is 0 Å². The van der Waals surface area contributed by atoms with Crippen LogP contribution in [0, 0.1) is 5.41 Å². The molecule has 0 unspecified atom stereocenters. The van der Waals surface area contributed by atoms with Gasteiger partial charge in [-0.2, -0.15) is 0 Å². The van der Waals surface area contributed by atoms with Crippen molar-refractivity contribution in [1.82, 2.24) is 4.90 Å². The number of amides is 1. The summed E-state index contributed by atoms with van der Waals surface area (Å²) < 4.78 is 5.03. The van der Waals surface area contributed by atoms with Gasteiger partial charge in [0.15, 0.2) is 0 Å². The molecule has 0 aliphatic heterocycles. The number of methoxy groups -OCH3 is 1. The zero-order valence-electron chi connectivity index (χ0n) is 10.5. The van der Waals surface area contributed by atoms with Crippen LogP contribution in [0.15, 0.2) is 0 Å². The van der Waals surface area contributed by atoms with Crippen LogP contribution in [0.3, 0.4) is 0 Å². The van der Waals surface area contributed by atoms with Crippen molar-refractivity contribution >= 4 is 5.91 Å². The Morgan fingerprint density at radius 1 is 1.38 bits per heavy atom. The number of carbonyl (C=O) groups is 1. The number of nitrogens with two attached hydrogens (primary N) is 1. The molecule has 1 aliphatic rings. The molecule has 94 valence electrons. The monoisotopic (exact) mass is 228 g/mol. The van der Waals surface area contributed by atoms with Crippen molar-refractivity contribution in [3.63, 3.8) is 0 Å². The average Bonchev–Trinajstić information content (AvgIpc) is 2.72. The summed E-state index contributed by atoms with van der Waals surface area (Å²) >= 11 is 0. The summed E-state index contributed by atoms with van der Waals surface area (Å²) in [6.07, 6.45) is 4.37. The lowest BCUT2D eigenvalue weighted by Crippen LogP contribution is -2.44. The molecule has 0 heterocycles. The molecule has 1 aliphatic carbocycles. The molecule has 1 fully saturated rings. The van der Waals surface area contributed by atoms with Crippen LogP contribution in [-0.4, -0.2) is 44.2 Å². The standard InChI is InChI=1S/C12H24N2O2/c1-12(5-3-4-6-12)11(15)14(8-7-13)9-10-16-2/h3-10,13H2,1-2H3. The van der Waals surface area contributed by atoms with Gasteiger partial charge in [-0.15, -0.1) is 0 Å². The third-order valence-electron chi connectivity index (χ3n) is 3.47. The van der Waals surface area contributed by atoms with Gasteiger partial charge < -0.3 is 15.4 Å². The number of hydrogen-bond donors (Lipinski definition) is 1. The van der Waals surface area contributed by atoms with E-state index in [2.05, 4.69) is 6.92 Å². The van der Waals surface area contributed by atoms with Gasteiger partial charge in [0.25, 0.3) is 0 Å². The van der Waals surface area contributed by atoms with Gasteiger partial charge in [0, 0.05) is 32.2 Å². The van der Waals surface area contributed by atoms with E-state index in [-0.39, 0.29) is 11.3 Å². The highest BCUT2D eigenvalue weighted by Crippen LogP contribution is 2.39. The van der Waals surface area contributed by atoms with E-state index in [1.54, 1.807) is 7.11 Å². The van der Waals surface area contributed by atoms with E-state index < -0.39 is 0 Å². The first kappa shape index (κ1) is 13.5. The van der Waals surface area contributed by atoms with Gasteiger partial charge >= 0.3 is 0 Å². The predicted octanol–water partition coefficient (Wildman–Crippen LogP) is 1.00. The summed E-state index contributed by atoms with van der Waals surface area (Å²) in [5, 5.41) is 0. The highest BCUT2D eigenvalue weighted by molar-refractivity contribution is 5.82. The Kier molecular flexibility index (Phi) is 5.22. The second-order valence-corrected chi connectivity index (χ2v) is 4.84. The third kappa shape index (κ3) is 3.19. The van der Waals surface area contributed by atoms with E-state index >= 15 is 0 Å². The number of carbonyl (C=O) groups excluding carboxylic acids is 1. The molecule has 0 aromatic rings. The van der Waals surface area contributed by atoms with Crippen molar-refractivity contribution in [2.45, 2.75) is 32.6 Å².